The smallest absolute Gasteiger partial charge is 0.124 e. The number of benzene rings is 2. The molecule has 100 valence electrons. The maximum Gasteiger partial charge on any atom is 0.124 e. The van der Waals surface area contributed by atoms with Crippen LogP contribution in [0.2, 0.25) is 5.02 Å². The van der Waals surface area contributed by atoms with Gasteiger partial charge in [0.1, 0.15) is 5.75 Å². The molecule has 0 aliphatic rings. The van der Waals surface area contributed by atoms with Crippen LogP contribution in [0.3, 0.4) is 0 Å². The molecule has 0 bridgehead atoms. The summed E-state index contributed by atoms with van der Waals surface area (Å²) < 4.78 is 5.80. The number of hydrogen-bond acceptors (Lipinski definition) is 2. The van der Waals surface area contributed by atoms with Crippen molar-refractivity contribution in [2.75, 3.05) is 12.4 Å². The van der Waals surface area contributed by atoms with Crippen molar-refractivity contribution >= 4 is 39.3 Å². The van der Waals surface area contributed by atoms with Gasteiger partial charge in [-0.2, -0.15) is 0 Å². The van der Waals surface area contributed by atoms with Crippen molar-refractivity contribution in [3.8, 4) is 5.75 Å². The average Bonchev–Trinajstić information content (AvgIpc) is 2.45. The summed E-state index contributed by atoms with van der Waals surface area (Å²) in [4.78, 5) is 1.26. The first-order chi connectivity index (χ1) is 9.31. The molecule has 19 heavy (non-hydrogen) atoms. The van der Waals surface area contributed by atoms with Gasteiger partial charge in [-0.25, -0.2) is 0 Å². The SMILES string of the molecule is Clc1cccc(OCCSc2ccccc2)c1CBr. The molecule has 4 heteroatoms. The lowest BCUT2D eigenvalue weighted by molar-refractivity contribution is 0.341. The lowest BCUT2D eigenvalue weighted by Crippen LogP contribution is -2.02. The topological polar surface area (TPSA) is 9.23 Å². The fraction of sp³-hybridized carbons (Fsp3) is 0.200. The summed E-state index contributed by atoms with van der Waals surface area (Å²) in [5.74, 6) is 1.77. The normalized spacial score (nSPS) is 10.4. The van der Waals surface area contributed by atoms with Gasteiger partial charge in [0.05, 0.1) is 6.61 Å². The van der Waals surface area contributed by atoms with E-state index in [1.54, 1.807) is 11.8 Å². The molecule has 0 fully saturated rings. The van der Waals surface area contributed by atoms with Gasteiger partial charge in [0, 0.05) is 26.6 Å². The molecule has 0 saturated heterocycles. The van der Waals surface area contributed by atoms with E-state index in [0.29, 0.717) is 11.9 Å². The predicted molar refractivity (Wildman–Crippen MR) is 86.7 cm³/mol. The molecule has 2 rings (SSSR count). The highest BCUT2D eigenvalue weighted by atomic mass is 79.9. The minimum Gasteiger partial charge on any atom is -0.492 e. The van der Waals surface area contributed by atoms with Crippen molar-refractivity contribution in [2.24, 2.45) is 0 Å². The monoisotopic (exact) mass is 356 g/mol. The quantitative estimate of drug-likeness (QED) is 0.388. The lowest BCUT2D eigenvalue weighted by Gasteiger charge is -2.11. The van der Waals surface area contributed by atoms with E-state index in [9.17, 15) is 0 Å². The molecule has 0 amide bonds. The second-order valence-electron chi connectivity index (χ2n) is 3.86. The number of thioether (sulfide) groups is 1. The largest absolute Gasteiger partial charge is 0.492 e. The molecule has 1 nitrogen and oxygen atoms in total. The van der Waals surface area contributed by atoms with Crippen molar-refractivity contribution in [3.63, 3.8) is 0 Å². The van der Waals surface area contributed by atoms with E-state index in [1.165, 1.54) is 4.90 Å². The van der Waals surface area contributed by atoms with Crippen molar-refractivity contribution in [1.82, 2.24) is 0 Å². The van der Waals surface area contributed by atoms with E-state index < -0.39 is 0 Å². The van der Waals surface area contributed by atoms with Crippen LogP contribution in [0.25, 0.3) is 0 Å². The van der Waals surface area contributed by atoms with E-state index in [1.807, 2.05) is 36.4 Å². The van der Waals surface area contributed by atoms with Crippen LogP contribution < -0.4 is 4.74 Å². The van der Waals surface area contributed by atoms with Crippen LogP contribution in [-0.2, 0) is 5.33 Å². The third kappa shape index (κ3) is 4.44. The second-order valence-corrected chi connectivity index (χ2v) is 6.00. The number of alkyl halides is 1. The zero-order chi connectivity index (χ0) is 13.5. The third-order valence-corrected chi connectivity index (χ3v) is 4.45. The van der Waals surface area contributed by atoms with Crippen molar-refractivity contribution in [2.45, 2.75) is 10.2 Å². The van der Waals surface area contributed by atoms with Gasteiger partial charge in [-0.1, -0.05) is 51.8 Å². The van der Waals surface area contributed by atoms with Gasteiger partial charge < -0.3 is 4.74 Å². The van der Waals surface area contributed by atoms with Gasteiger partial charge in [0.15, 0.2) is 0 Å². The fourth-order valence-electron chi connectivity index (χ4n) is 1.63. The molecule has 2 aromatic carbocycles. The van der Waals surface area contributed by atoms with Crippen molar-refractivity contribution < 1.29 is 4.74 Å². The van der Waals surface area contributed by atoms with Gasteiger partial charge in [-0.15, -0.1) is 11.8 Å². The van der Waals surface area contributed by atoms with E-state index in [0.717, 1.165) is 22.1 Å². The average molecular weight is 358 g/mol. The molecule has 0 aromatic heterocycles. The summed E-state index contributed by atoms with van der Waals surface area (Å²) in [7, 11) is 0. The first-order valence-corrected chi connectivity index (χ1v) is 8.44. The van der Waals surface area contributed by atoms with Crippen LogP contribution in [0.1, 0.15) is 5.56 Å². The summed E-state index contributed by atoms with van der Waals surface area (Å²) in [6, 6.07) is 16.1. The summed E-state index contributed by atoms with van der Waals surface area (Å²) in [6.07, 6.45) is 0. The lowest BCUT2D eigenvalue weighted by atomic mass is 10.2. The first kappa shape index (κ1) is 14.8. The predicted octanol–water partition coefficient (Wildman–Crippen LogP) is 5.41. The van der Waals surface area contributed by atoms with Gasteiger partial charge in [-0.05, 0) is 24.3 Å². The van der Waals surface area contributed by atoms with Gasteiger partial charge >= 0.3 is 0 Å². The van der Waals surface area contributed by atoms with Crippen LogP contribution >= 0.6 is 39.3 Å². The Morgan fingerprint density at radius 2 is 1.84 bits per heavy atom. The molecule has 2 aromatic rings. The number of ether oxygens (including phenoxy) is 1. The molecule has 0 atom stereocenters. The van der Waals surface area contributed by atoms with E-state index in [-0.39, 0.29) is 0 Å². The van der Waals surface area contributed by atoms with Crippen LogP contribution in [-0.4, -0.2) is 12.4 Å². The zero-order valence-electron chi connectivity index (χ0n) is 10.3. The molecule has 0 unspecified atom stereocenters. The maximum absolute atomic E-state index is 6.12. The zero-order valence-corrected chi connectivity index (χ0v) is 13.5. The van der Waals surface area contributed by atoms with Crippen LogP contribution in [0.4, 0.5) is 0 Å². The highest BCUT2D eigenvalue weighted by Crippen LogP contribution is 2.28. The minimum absolute atomic E-state index is 0.667. The summed E-state index contributed by atoms with van der Waals surface area (Å²) in [5, 5.41) is 1.44. The molecular weight excluding hydrogens is 344 g/mol. The van der Waals surface area contributed by atoms with E-state index >= 15 is 0 Å². The Labute approximate surface area is 131 Å². The first-order valence-electron chi connectivity index (χ1n) is 5.95. The number of hydrogen-bond donors (Lipinski definition) is 0. The Balaban J connectivity index is 1.85. The third-order valence-electron chi connectivity index (χ3n) is 2.56. The molecule has 0 N–H and O–H groups in total. The summed E-state index contributed by atoms with van der Waals surface area (Å²) >= 11 is 11.3. The maximum atomic E-state index is 6.12. The van der Waals surface area contributed by atoms with E-state index in [4.69, 9.17) is 16.3 Å². The molecule has 0 aliphatic carbocycles. The van der Waals surface area contributed by atoms with Gasteiger partial charge in [0.2, 0.25) is 0 Å². The molecule has 0 saturated carbocycles. The van der Waals surface area contributed by atoms with E-state index in [2.05, 4.69) is 28.1 Å². The Morgan fingerprint density at radius 3 is 2.58 bits per heavy atom. The number of rotatable bonds is 6. The molecule has 0 aliphatic heterocycles. The van der Waals surface area contributed by atoms with Crippen LogP contribution in [0.15, 0.2) is 53.4 Å². The van der Waals surface area contributed by atoms with Crippen LogP contribution in [0.5, 0.6) is 5.75 Å². The Morgan fingerprint density at radius 1 is 1.05 bits per heavy atom. The minimum atomic E-state index is 0.667. The van der Waals surface area contributed by atoms with Crippen molar-refractivity contribution in [1.29, 1.82) is 0 Å². The Bertz CT molecular complexity index is 519. The summed E-state index contributed by atoms with van der Waals surface area (Å²) in [5.41, 5.74) is 1.01. The molecule has 0 heterocycles. The van der Waals surface area contributed by atoms with Gasteiger partial charge in [0.25, 0.3) is 0 Å². The Kier molecular flexibility index (Phi) is 6.08. The standard InChI is InChI=1S/C15H14BrClOS/c16-11-13-14(17)7-4-8-15(13)18-9-10-19-12-5-2-1-3-6-12/h1-8H,9-11H2. The number of halogens is 2. The van der Waals surface area contributed by atoms with Crippen LogP contribution in [0, 0.1) is 0 Å². The second kappa shape index (κ2) is 7.83. The molecule has 0 radical (unpaired) electrons. The Hall–Kier alpha value is -0.640. The summed E-state index contributed by atoms with van der Waals surface area (Å²) in [6.45, 7) is 0.667. The fourth-order valence-corrected chi connectivity index (χ4v) is 3.36. The highest BCUT2D eigenvalue weighted by Gasteiger charge is 2.06. The highest BCUT2D eigenvalue weighted by molar-refractivity contribution is 9.08. The van der Waals surface area contributed by atoms with Crippen molar-refractivity contribution in [3.05, 3.63) is 59.1 Å². The van der Waals surface area contributed by atoms with Gasteiger partial charge in [-0.3, -0.25) is 0 Å². The molecule has 0 spiro atoms. The molecular formula is C15H14BrClOS.